The largest absolute Gasteiger partial charge is 0.421 e. The molecular weight excluding hydrogens is 668 g/mol. The molecule has 0 aliphatic heterocycles. The first kappa shape index (κ1) is 48.0. The summed E-state index contributed by atoms with van der Waals surface area (Å²) in [7, 11) is 0. The average Bonchev–Trinajstić information content (AvgIpc) is 3.10. The smallest absolute Gasteiger partial charge is 0.334 e. The van der Waals surface area contributed by atoms with Gasteiger partial charge in [0, 0.05) is 0 Å². The fraction of sp³-hybridized carbons (Fsp3) is 0.767. The van der Waals surface area contributed by atoms with E-state index in [0.29, 0.717) is 6.42 Å². The molecule has 1 aromatic rings. The summed E-state index contributed by atoms with van der Waals surface area (Å²) in [5.41, 5.74) is 12.8. The minimum Gasteiger partial charge on any atom is -0.421 e. The Kier molecular flexibility index (Phi) is 24.2. The summed E-state index contributed by atoms with van der Waals surface area (Å²) in [6.45, 7) is 16.8. The van der Waals surface area contributed by atoms with Gasteiger partial charge in [0.1, 0.15) is 12.1 Å². The number of hydrogen-bond acceptors (Lipinski definition) is 8. The Balaban J connectivity index is 3.03. The maximum Gasteiger partial charge on any atom is 0.334 e. The molecule has 0 aliphatic rings. The Morgan fingerprint density at radius 1 is 0.547 bits per heavy atom. The molecule has 10 nitrogen and oxygen atoms in total. The topological polar surface area (TPSA) is 163 Å². The maximum absolute atomic E-state index is 13.7. The van der Waals surface area contributed by atoms with Gasteiger partial charge in [0.25, 0.3) is 0 Å². The van der Waals surface area contributed by atoms with Gasteiger partial charge in [-0.2, -0.15) is 0 Å². The molecule has 0 bridgehead atoms. The predicted octanol–water partition coefficient (Wildman–Crippen LogP) is 8.16. The minimum absolute atomic E-state index is 0.0718. The number of amides is 2. The van der Waals surface area contributed by atoms with Crippen LogP contribution in [0.4, 0.5) is 0 Å². The molecule has 6 N–H and O–H groups in total. The molecule has 4 atom stereocenters. The van der Waals surface area contributed by atoms with E-state index in [1.807, 2.05) is 47.6 Å². The molecule has 0 spiro atoms. The van der Waals surface area contributed by atoms with Crippen molar-refractivity contribution < 1.29 is 28.7 Å². The van der Waals surface area contributed by atoms with Crippen LogP contribution in [0.5, 0.6) is 11.5 Å². The fourth-order valence-corrected chi connectivity index (χ4v) is 6.08. The van der Waals surface area contributed by atoms with E-state index in [4.69, 9.17) is 20.9 Å². The lowest BCUT2D eigenvalue weighted by Gasteiger charge is -2.26. The van der Waals surface area contributed by atoms with E-state index in [0.717, 1.165) is 24.8 Å². The summed E-state index contributed by atoms with van der Waals surface area (Å²) in [5.74, 6) is -2.89. The number of carbonyl (C=O) groups excluding carboxylic acids is 4. The maximum atomic E-state index is 13.7. The molecule has 10 heteroatoms. The summed E-state index contributed by atoms with van der Waals surface area (Å²) < 4.78 is 11.9. The zero-order valence-electron chi connectivity index (χ0n) is 34.8. The van der Waals surface area contributed by atoms with Gasteiger partial charge >= 0.3 is 11.9 Å². The number of benzene rings is 1. The molecule has 1 rings (SSSR count). The van der Waals surface area contributed by atoms with E-state index in [1.165, 1.54) is 77.0 Å². The van der Waals surface area contributed by atoms with Crippen molar-refractivity contribution in [2.75, 3.05) is 0 Å². The van der Waals surface area contributed by atoms with Crippen molar-refractivity contribution in [3.63, 3.8) is 0 Å². The molecule has 0 heterocycles. The monoisotopic (exact) mass is 745 g/mol. The minimum atomic E-state index is -0.977. The highest BCUT2D eigenvalue weighted by Crippen LogP contribution is 2.34. The number of unbranched alkanes of at least 4 members (excludes halogenated alkanes) is 14. The number of esters is 2. The lowest BCUT2D eigenvalue weighted by molar-refractivity contribution is -0.143. The van der Waals surface area contributed by atoms with E-state index < -0.39 is 47.9 Å². The Bertz CT molecular complexity index is 1220. The van der Waals surface area contributed by atoms with Crippen molar-refractivity contribution in [3.05, 3.63) is 23.8 Å². The van der Waals surface area contributed by atoms with E-state index in [-0.39, 0.29) is 35.2 Å². The molecule has 0 radical (unpaired) electrons. The van der Waals surface area contributed by atoms with Crippen LogP contribution in [0, 0.1) is 23.7 Å². The van der Waals surface area contributed by atoms with Gasteiger partial charge in [0.05, 0.1) is 12.1 Å². The molecular formula is C43H76N4O6. The normalized spacial score (nSPS) is 13.9. The van der Waals surface area contributed by atoms with Crippen LogP contribution >= 0.6 is 0 Å². The molecule has 0 unspecified atom stereocenters. The molecule has 53 heavy (non-hydrogen) atoms. The summed E-state index contributed by atoms with van der Waals surface area (Å²) in [4.78, 5) is 53.0. The lowest BCUT2D eigenvalue weighted by atomic mass is 10.0. The number of aryl methyl sites for hydroxylation is 1. The van der Waals surface area contributed by atoms with E-state index in [1.54, 1.807) is 26.0 Å². The third kappa shape index (κ3) is 18.8. The fourth-order valence-electron chi connectivity index (χ4n) is 6.08. The van der Waals surface area contributed by atoms with Crippen molar-refractivity contribution in [1.29, 1.82) is 0 Å². The highest BCUT2D eigenvalue weighted by atomic mass is 16.6. The SMILES string of the molecule is CCCCCCCCCCCCCCCCCc1cccc(OC(=O)[C@@H](NC(=O)[C@@H](N)C(C)C)C(C)C)c1OC(=O)[C@@H](NC(=O)[C@@H](N)C(C)C)C(C)C. The summed E-state index contributed by atoms with van der Waals surface area (Å²) in [6.07, 6.45) is 19.5. The standard InChI is InChI=1S/C43H76N4O6/c1-10-11-12-13-14-15-16-17-18-19-20-21-22-23-24-26-33-27-25-28-34(52-42(50)37(31(6)7)46-40(48)35(44)29(2)3)39(33)53-43(51)38(32(8)9)47-41(49)36(45)30(4)5/h25,27-32,35-38H,10-24,26,44-45H2,1-9H3,(H,46,48)(H,47,49)/t35-,36-,37-,38-/m0/s1. The van der Waals surface area contributed by atoms with Crippen LogP contribution in [0.1, 0.15) is 164 Å². The molecule has 0 aromatic heterocycles. The first-order chi connectivity index (χ1) is 25.1. The van der Waals surface area contributed by atoms with Crippen molar-refractivity contribution in [2.45, 2.75) is 189 Å². The third-order valence-electron chi connectivity index (χ3n) is 10.0. The second kappa shape index (κ2) is 26.7. The molecule has 0 saturated carbocycles. The second-order valence-corrected chi connectivity index (χ2v) is 16.3. The van der Waals surface area contributed by atoms with Gasteiger partial charge in [0.15, 0.2) is 11.5 Å². The molecule has 304 valence electrons. The van der Waals surface area contributed by atoms with Gasteiger partial charge in [-0.1, -0.05) is 164 Å². The van der Waals surface area contributed by atoms with Crippen LogP contribution in [-0.4, -0.2) is 47.9 Å². The van der Waals surface area contributed by atoms with Gasteiger partial charge in [-0.3, -0.25) is 9.59 Å². The second-order valence-electron chi connectivity index (χ2n) is 16.3. The van der Waals surface area contributed by atoms with Crippen LogP contribution in [0.15, 0.2) is 18.2 Å². The van der Waals surface area contributed by atoms with Crippen LogP contribution < -0.4 is 31.6 Å². The Labute approximate surface area is 322 Å². The molecule has 1 aromatic carbocycles. The van der Waals surface area contributed by atoms with Crippen molar-refractivity contribution >= 4 is 23.8 Å². The summed E-state index contributed by atoms with van der Waals surface area (Å²) in [6, 6.07) is 1.68. The highest BCUT2D eigenvalue weighted by molar-refractivity contribution is 5.90. The number of hydrogen-bond donors (Lipinski definition) is 4. The Hall–Kier alpha value is -2.98. The van der Waals surface area contributed by atoms with Crippen LogP contribution in [0.3, 0.4) is 0 Å². The Morgan fingerprint density at radius 2 is 0.925 bits per heavy atom. The summed E-state index contributed by atoms with van der Waals surface area (Å²) >= 11 is 0. The third-order valence-corrected chi connectivity index (χ3v) is 10.0. The molecule has 0 aliphatic carbocycles. The lowest BCUT2D eigenvalue weighted by Crippen LogP contribution is -2.53. The number of carbonyl (C=O) groups is 4. The Morgan fingerprint density at radius 3 is 1.30 bits per heavy atom. The number of nitrogens with two attached hydrogens (primary N) is 2. The number of nitrogens with one attached hydrogen (secondary N) is 2. The van der Waals surface area contributed by atoms with E-state index >= 15 is 0 Å². The highest BCUT2D eigenvalue weighted by Gasteiger charge is 2.33. The van der Waals surface area contributed by atoms with Crippen molar-refractivity contribution in [1.82, 2.24) is 10.6 Å². The van der Waals surface area contributed by atoms with E-state index in [2.05, 4.69) is 17.6 Å². The average molecular weight is 745 g/mol. The van der Waals surface area contributed by atoms with Crippen LogP contribution in [0.25, 0.3) is 0 Å². The van der Waals surface area contributed by atoms with Crippen LogP contribution in [-0.2, 0) is 25.6 Å². The number of rotatable bonds is 28. The quantitative estimate of drug-likeness (QED) is 0.0380. The first-order valence-electron chi connectivity index (χ1n) is 20.8. The van der Waals surface area contributed by atoms with Gasteiger partial charge in [0.2, 0.25) is 11.8 Å². The van der Waals surface area contributed by atoms with Gasteiger partial charge < -0.3 is 31.6 Å². The van der Waals surface area contributed by atoms with Crippen molar-refractivity contribution in [2.24, 2.45) is 35.1 Å². The number of ether oxygens (including phenoxy) is 2. The summed E-state index contributed by atoms with van der Waals surface area (Å²) in [5, 5.41) is 5.51. The first-order valence-corrected chi connectivity index (χ1v) is 20.8. The molecule has 0 saturated heterocycles. The molecule has 2 amide bonds. The zero-order chi connectivity index (χ0) is 39.9. The van der Waals surface area contributed by atoms with Crippen LogP contribution in [0.2, 0.25) is 0 Å². The van der Waals surface area contributed by atoms with Gasteiger partial charge in [-0.15, -0.1) is 0 Å². The van der Waals surface area contributed by atoms with Crippen molar-refractivity contribution in [3.8, 4) is 11.5 Å². The zero-order valence-corrected chi connectivity index (χ0v) is 34.8. The molecule has 0 fully saturated rings. The predicted molar refractivity (Wildman–Crippen MR) is 216 cm³/mol. The van der Waals surface area contributed by atoms with E-state index in [9.17, 15) is 19.2 Å². The number of para-hydroxylation sites is 1. The van der Waals surface area contributed by atoms with Gasteiger partial charge in [-0.05, 0) is 48.1 Å². The van der Waals surface area contributed by atoms with Gasteiger partial charge in [-0.25, -0.2) is 9.59 Å².